The summed E-state index contributed by atoms with van der Waals surface area (Å²) in [6.07, 6.45) is 5.99. The van der Waals surface area contributed by atoms with Crippen molar-refractivity contribution in [1.82, 2.24) is 10.6 Å². The smallest absolute Gasteiger partial charge is 0.119 e. The Morgan fingerprint density at radius 3 is 2.81 bits per heavy atom. The molecule has 0 aromatic heterocycles. The topological polar surface area (TPSA) is 86.3 Å². The summed E-state index contributed by atoms with van der Waals surface area (Å²) in [4.78, 5) is 4.20. The van der Waals surface area contributed by atoms with Crippen LogP contribution < -0.4 is 16.4 Å². The van der Waals surface area contributed by atoms with Gasteiger partial charge in [0.1, 0.15) is 11.7 Å². The van der Waals surface area contributed by atoms with E-state index in [1.54, 1.807) is 18.4 Å². The first-order chi connectivity index (χ1) is 7.61. The predicted octanol–water partition coefficient (Wildman–Crippen LogP) is 0.732. The van der Waals surface area contributed by atoms with Gasteiger partial charge in [0, 0.05) is 12.4 Å². The Bertz CT molecular complexity index is 301. The average molecular weight is 221 g/mol. The fraction of sp³-hybridized carbons (Fsp3) is 0.273. The number of nitrogens with zero attached hydrogens (tertiary/aromatic N) is 1. The van der Waals surface area contributed by atoms with Crippen LogP contribution in [-0.4, -0.2) is 24.6 Å². The van der Waals surface area contributed by atoms with E-state index in [0.717, 1.165) is 0 Å². The fourth-order valence-electron chi connectivity index (χ4n) is 0.848. The lowest BCUT2D eigenvalue weighted by Gasteiger charge is -2.14. The highest BCUT2D eigenvalue weighted by Crippen LogP contribution is 1.87. The van der Waals surface area contributed by atoms with Gasteiger partial charge in [-0.15, -0.1) is 6.58 Å². The van der Waals surface area contributed by atoms with Crippen molar-refractivity contribution in [2.24, 2.45) is 10.7 Å². The molecule has 0 rings (SSSR count). The monoisotopic (exact) mass is 221 g/mol. The molecule has 0 aromatic rings. The summed E-state index contributed by atoms with van der Waals surface area (Å²) in [7, 11) is 0. The molecular weight excluding hydrogens is 202 g/mol. The first kappa shape index (κ1) is 14.1. The van der Waals surface area contributed by atoms with E-state index in [4.69, 9.17) is 11.1 Å². The van der Waals surface area contributed by atoms with Gasteiger partial charge in [-0.2, -0.15) is 0 Å². The molecule has 0 aliphatic rings. The third-order valence-electron chi connectivity index (χ3n) is 1.55. The molecule has 0 amide bonds. The van der Waals surface area contributed by atoms with Crippen molar-refractivity contribution in [1.29, 1.82) is 5.41 Å². The number of amidine groups is 1. The number of nitrogens with one attached hydrogen (secondary N) is 3. The zero-order valence-electron chi connectivity index (χ0n) is 9.53. The van der Waals surface area contributed by atoms with Gasteiger partial charge >= 0.3 is 0 Å². The van der Waals surface area contributed by atoms with Gasteiger partial charge in [0.2, 0.25) is 0 Å². The van der Waals surface area contributed by atoms with E-state index in [1.807, 2.05) is 6.92 Å². The molecule has 5 heteroatoms. The molecule has 0 saturated heterocycles. The van der Waals surface area contributed by atoms with E-state index in [0.29, 0.717) is 18.2 Å². The normalized spacial score (nSPS) is 13.2. The van der Waals surface area contributed by atoms with E-state index in [2.05, 4.69) is 28.8 Å². The molecule has 0 saturated carbocycles. The van der Waals surface area contributed by atoms with Gasteiger partial charge in [-0.05, 0) is 13.0 Å². The molecule has 5 nitrogen and oxygen atoms in total. The van der Waals surface area contributed by atoms with E-state index in [1.165, 1.54) is 6.21 Å². The van der Waals surface area contributed by atoms with Gasteiger partial charge < -0.3 is 21.8 Å². The maximum absolute atomic E-state index is 6.79. The molecule has 0 aliphatic carbocycles. The van der Waals surface area contributed by atoms with Crippen LogP contribution in [0.15, 0.2) is 42.3 Å². The molecule has 0 aromatic carbocycles. The van der Waals surface area contributed by atoms with Crippen molar-refractivity contribution in [2.75, 3.05) is 6.54 Å². The molecule has 0 unspecified atom stereocenters. The lowest BCUT2D eigenvalue weighted by molar-refractivity contribution is 0.863. The largest absolute Gasteiger partial charge is 0.349 e. The second kappa shape index (κ2) is 8.43. The molecule has 0 aliphatic heterocycles. The third kappa shape index (κ3) is 6.56. The van der Waals surface area contributed by atoms with Gasteiger partial charge in [-0.3, -0.25) is 4.99 Å². The van der Waals surface area contributed by atoms with Crippen LogP contribution in [-0.2, 0) is 0 Å². The Morgan fingerprint density at radius 2 is 2.31 bits per heavy atom. The molecule has 0 fully saturated rings. The van der Waals surface area contributed by atoms with Gasteiger partial charge in [-0.25, -0.2) is 0 Å². The quantitative estimate of drug-likeness (QED) is 0.290. The molecule has 1 atom stereocenters. The highest BCUT2D eigenvalue weighted by Gasteiger charge is 2.04. The molecule has 0 spiro atoms. The Balaban J connectivity index is 4.28. The predicted molar refractivity (Wildman–Crippen MR) is 69.5 cm³/mol. The molecule has 88 valence electrons. The van der Waals surface area contributed by atoms with E-state index < -0.39 is 0 Å². The van der Waals surface area contributed by atoms with E-state index in [9.17, 15) is 0 Å². The minimum Gasteiger partial charge on any atom is -0.349 e. The zero-order chi connectivity index (χ0) is 12.4. The maximum atomic E-state index is 6.79. The summed E-state index contributed by atoms with van der Waals surface area (Å²) >= 11 is 0. The lowest BCUT2D eigenvalue weighted by Crippen LogP contribution is -2.40. The second-order valence-corrected chi connectivity index (χ2v) is 3.08. The molecule has 5 N–H and O–H groups in total. The Morgan fingerprint density at radius 1 is 1.62 bits per heavy atom. The standard InChI is InChI=1S/C11H19N5/c1-4-7-15-11(9(2)13)16-10(3)14-8-5-6-12/h4-6,8-9,12,14H,1,3,7,13H2,2H3,(H,15,16)/t9-/m0/s1. The van der Waals surface area contributed by atoms with Gasteiger partial charge in [-0.1, -0.05) is 12.7 Å². The van der Waals surface area contributed by atoms with Crippen molar-refractivity contribution in [3.8, 4) is 0 Å². The van der Waals surface area contributed by atoms with E-state index in [-0.39, 0.29) is 6.04 Å². The maximum Gasteiger partial charge on any atom is 0.119 e. The van der Waals surface area contributed by atoms with Crippen LogP contribution in [0.3, 0.4) is 0 Å². The Labute approximate surface area is 96.3 Å². The molecule has 0 bridgehead atoms. The van der Waals surface area contributed by atoms with Crippen LogP contribution in [0, 0.1) is 5.41 Å². The summed E-state index contributed by atoms with van der Waals surface area (Å²) in [5, 5.41) is 12.6. The van der Waals surface area contributed by atoms with E-state index >= 15 is 0 Å². The summed E-state index contributed by atoms with van der Waals surface area (Å²) in [6.45, 7) is 9.66. The van der Waals surface area contributed by atoms with Gasteiger partial charge in [0.25, 0.3) is 0 Å². The summed E-state index contributed by atoms with van der Waals surface area (Å²) in [5.41, 5.74) is 5.73. The van der Waals surface area contributed by atoms with Crippen molar-refractivity contribution >= 4 is 12.1 Å². The highest BCUT2D eigenvalue weighted by atomic mass is 15.1. The Kier molecular flexibility index (Phi) is 7.44. The summed E-state index contributed by atoms with van der Waals surface area (Å²) in [6, 6.07) is -0.204. The minimum absolute atomic E-state index is 0.204. The van der Waals surface area contributed by atoms with Crippen LogP contribution in [0.1, 0.15) is 6.92 Å². The van der Waals surface area contributed by atoms with Gasteiger partial charge in [0.05, 0.1) is 12.6 Å². The van der Waals surface area contributed by atoms with Gasteiger partial charge in [0.15, 0.2) is 0 Å². The number of hydrogen-bond acceptors (Lipinski definition) is 4. The van der Waals surface area contributed by atoms with Crippen LogP contribution in [0.25, 0.3) is 0 Å². The molecule has 16 heavy (non-hydrogen) atoms. The number of hydrogen-bond donors (Lipinski definition) is 4. The van der Waals surface area contributed by atoms with Crippen molar-refractivity contribution in [3.63, 3.8) is 0 Å². The van der Waals surface area contributed by atoms with Crippen LogP contribution in [0.4, 0.5) is 0 Å². The zero-order valence-corrected chi connectivity index (χ0v) is 9.53. The lowest BCUT2D eigenvalue weighted by atomic mass is 10.3. The summed E-state index contributed by atoms with van der Waals surface area (Å²) in [5.74, 6) is 1.19. The summed E-state index contributed by atoms with van der Waals surface area (Å²) < 4.78 is 0. The number of aliphatic imine (C=N–C) groups is 1. The van der Waals surface area contributed by atoms with Crippen molar-refractivity contribution in [2.45, 2.75) is 13.0 Å². The third-order valence-corrected chi connectivity index (χ3v) is 1.55. The number of nitrogens with two attached hydrogens (primary N) is 1. The minimum atomic E-state index is -0.204. The fourth-order valence-corrected chi connectivity index (χ4v) is 0.848. The first-order valence-electron chi connectivity index (χ1n) is 4.90. The Hall–Kier alpha value is -1.88. The molecule has 0 radical (unpaired) electrons. The molecule has 0 heterocycles. The van der Waals surface area contributed by atoms with Crippen LogP contribution in [0.2, 0.25) is 0 Å². The second-order valence-electron chi connectivity index (χ2n) is 3.08. The first-order valence-corrected chi connectivity index (χ1v) is 4.90. The highest BCUT2D eigenvalue weighted by molar-refractivity contribution is 5.88. The SMILES string of the molecule is C=CCN=C(NC(=C)NC=CC=N)[C@H](C)N. The van der Waals surface area contributed by atoms with Crippen molar-refractivity contribution in [3.05, 3.63) is 37.3 Å². The average Bonchev–Trinajstić information content (AvgIpc) is 2.24. The number of allylic oxidation sites excluding steroid dienone is 1. The van der Waals surface area contributed by atoms with Crippen molar-refractivity contribution < 1.29 is 0 Å². The van der Waals surface area contributed by atoms with Crippen LogP contribution in [0.5, 0.6) is 0 Å². The molecular formula is C11H19N5. The number of rotatable bonds is 7. The van der Waals surface area contributed by atoms with Crippen LogP contribution >= 0.6 is 0 Å².